The molecule has 116 valence electrons. The highest BCUT2D eigenvalue weighted by molar-refractivity contribution is 5.85. The van der Waals surface area contributed by atoms with E-state index in [2.05, 4.69) is 46.7 Å². The molecule has 1 aromatic heterocycles. The highest BCUT2D eigenvalue weighted by Crippen LogP contribution is 2.29. The molecule has 1 aliphatic carbocycles. The van der Waals surface area contributed by atoms with Gasteiger partial charge in [-0.2, -0.15) is 0 Å². The Morgan fingerprint density at radius 1 is 1.04 bits per heavy atom. The molecule has 1 atom stereocenters. The summed E-state index contributed by atoms with van der Waals surface area (Å²) in [6.45, 7) is 0. The van der Waals surface area contributed by atoms with Gasteiger partial charge in [-0.15, -0.1) is 0 Å². The van der Waals surface area contributed by atoms with Gasteiger partial charge in [-0.1, -0.05) is 48.5 Å². The number of aromatic nitrogens is 1. The minimum Gasteiger partial charge on any atom is -0.358 e. The van der Waals surface area contributed by atoms with Gasteiger partial charge in [0, 0.05) is 35.5 Å². The number of benzene rings is 2. The zero-order valence-corrected chi connectivity index (χ0v) is 13.0. The van der Waals surface area contributed by atoms with E-state index in [-0.39, 0.29) is 11.9 Å². The number of aromatic amines is 1. The maximum atomic E-state index is 12.2. The van der Waals surface area contributed by atoms with Gasteiger partial charge in [-0.3, -0.25) is 4.79 Å². The standard InChI is InChI=1S/C20H20N2O/c23-20(11-10-14-6-2-1-3-7-14)21-15-12-17-16-8-4-5-9-18(16)22-19(17)13-15/h1-9,15,22H,10-13H2,(H,21,23). The number of hydrogen-bond acceptors (Lipinski definition) is 1. The fourth-order valence-electron chi connectivity index (χ4n) is 3.53. The van der Waals surface area contributed by atoms with Gasteiger partial charge in [0.1, 0.15) is 0 Å². The van der Waals surface area contributed by atoms with Crippen LogP contribution in [0.15, 0.2) is 54.6 Å². The second-order valence-corrected chi connectivity index (χ2v) is 6.29. The molecule has 0 radical (unpaired) electrons. The first-order valence-electron chi connectivity index (χ1n) is 8.21. The molecule has 2 aromatic carbocycles. The number of para-hydroxylation sites is 1. The van der Waals surface area contributed by atoms with E-state index in [4.69, 9.17) is 0 Å². The first-order valence-corrected chi connectivity index (χ1v) is 8.21. The minimum atomic E-state index is 0.147. The predicted octanol–water partition coefficient (Wildman–Crippen LogP) is 3.38. The molecule has 1 aliphatic rings. The SMILES string of the molecule is O=C(CCc1ccccc1)NC1Cc2[nH]c3ccccc3c2C1. The third kappa shape index (κ3) is 2.87. The van der Waals surface area contributed by atoms with Crippen molar-refractivity contribution >= 4 is 16.8 Å². The molecule has 0 saturated carbocycles. The Kier molecular flexibility index (Phi) is 3.62. The number of carbonyl (C=O) groups excluding carboxylic acids is 1. The predicted molar refractivity (Wildman–Crippen MR) is 92.4 cm³/mol. The first-order chi connectivity index (χ1) is 11.3. The van der Waals surface area contributed by atoms with Crippen LogP contribution in [-0.2, 0) is 24.1 Å². The molecule has 0 fully saturated rings. The van der Waals surface area contributed by atoms with Crippen LogP contribution in [0.3, 0.4) is 0 Å². The van der Waals surface area contributed by atoms with E-state index in [9.17, 15) is 4.79 Å². The summed E-state index contributed by atoms with van der Waals surface area (Å²) in [5.41, 5.74) is 5.06. The molecular formula is C20H20N2O. The highest BCUT2D eigenvalue weighted by Gasteiger charge is 2.26. The lowest BCUT2D eigenvalue weighted by molar-refractivity contribution is -0.121. The van der Waals surface area contributed by atoms with Crippen molar-refractivity contribution in [2.75, 3.05) is 0 Å². The largest absolute Gasteiger partial charge is 0.358 e. The van der Waals surface area contributed by atoms with E-state index in [0.29, 0.717) is 6.42 Å². The van der Waals surface area contributed by atoms with Crippen molar-refractivity contribution < 1.29 is 4.79 Å². The van der Waals surface area contributed by atoms with E-state index in [1.54, 1.807) is 0 Å². The number of H-pyrrole nitrogens is 1. The third-order valence-corrected chi connectivity index (χ3v) is 4.65. The van der Waals surface area contributed by atoms with Crippen molar-refractivity contribution in [3.05, 3.63) is 71.4 Å². The fourth-order valence-corrected chi connectivity index (χ4v) is 3.53. The molecule has 3 nitrogen and oxygen atoms in total. The molecule has 0 spiro atoms. The lowest BCUT2D eigenvalue weighted by Gasteiger charge is -2.12. The summed E-state index contributed by atoms with van der Waals surface area (Å²) >= 11 is 0. The van der Waals surface area contributed by atoms with Gasteiger partial charge in [0.25, 0.3) is 0 Å². The number of fused-ring (bicyclic) bond motifs is 3. The Labute approximate surface area is 135 Å². The Morgan fingerprint density at radius 3 is 2.70 bits per heavy atom. The fraction of sp³-hybridized carbons (Fsp3) is 0.250. The van der Waals surface area contributed by atoms with Crippen LogP contribution in [0.5, 0.6) is 0 Å². The average Bonchev–Trinajstić information content (AvgIpc) is 3.11. The topological polar surface area (TPSA) is 44.9 Å². The highest BCUT2D eigenvalue weighted by atomic mass is 16.1. The van der Waals surface area contributed by atoms with E-state index in [1.165, 1.54) is 27.7 Å². The average molecular weight is 304 g/mol. The van der Waals surface area contributed by atoms with E-state index in [1.807, 2.05) is 18.2 Å². The third-order valence-electron chi connectivity index (χ3n) is 4.65. The molecule has 23 heavy (non-hydrogen) atoms. The van der Waals surface area contributed by atoms with E-state index in [0.717, 1.165) is 19.3 Å². The molecule has 1 unspecified atom stereocenters. The Morgan fingerprint density at radius 2 is 1.83 bits per heavy atom. The molecule has 1 amide bonds. The van der Waals surface area contributed by atoms with Crippen LogP contribution in [0.2, 0.25) is 0 Å². The first kappa shape index (κ1) is 14.1. The van der Waals surface area contributed by atoms with Crippen LogP contribution in [0.4, 0.5) is 0 Å². The van der Waals surface area contributed by atoms with Crippen LogP contribution in [0, 0.1) is 0 Å². The number of hydrogen-bond donors (Lipinski definition) is 2. The molecule has 1 heterocycles. The summed E-state index contributed by atoms with van der Waals surface area (Å²) in [4.78, 5) is 15.7. The van der Waals surface area contributed by atoms with Crippen molar-refractivity contribution in [2.45, 2.75) is 31.7 Å². The number of nitrogens with one attached hydrogen (secondary N) is 2. The lowest BCUT2D eigenvalue weighted by atomic mass is 10.1. The zero-order valence-electron chi connectivity index (χ0n) is 13.0. The van der Waals surface area contributed by atoms with Gasteiger partial charge < -0.3 is 10.3 Å². The molecule has 3 heteroatoms. The van der Waals surface area contributed by atoms with Gasteiger partial charge in [0.05, 0.1) is 0 Å². The molecule has 2 N–H and O–H groups in total. The molecule has 4 rings (SSSR count). The van der Waals surface area contributed by atoms with Gasteiger partial charge >= 0.3 is 0 Å². The summed E-state index contributed by atoms with van der Waals surface area (Å²) in [6.07, 6.45) is 3.18. The van der Waals surface area contributed by atoms with Crippen molar-refractivity contribution in [1.29, 1.82) is 0 Å². The number of rotatable bonds is 4. The number of amides is 1. The second-order valence-electron chi connectivity index (χ2n) is 6.29. The van der Waals surface area contributed by atoms with Crippen LogP contribution >= 0.6 is 0 Å². The van der Waals surface area contributed by atoms with E-state index >= 15 is 0 Å². The second kappa shape index (κ2) is 5.92. The van der Waals surface area contributed by atoms with Crippen molar-refractivity contribution in [1.82, 2.24) is 10.3 Å². The summed E-state index contributed by atoms with van der Waals surface area (Å²) in [6, 6.07) is 18.8. The molecule has 0 bridgehead atoms. The minimum absolute atomic E-state index is 0.147. The Balaban J connectivity index is 1.36. The monoisotopic (exact) mass is 304 g/mol. The summed E-state index contributed by atoms with van der Waals surface area (Å²) in [5, 5.41) is 4.48. The Hall–Kier alpha value is -2.55. The summed E-state index contributed by atoms with van der Waals surface area (Å²) in [7, 11) is 0. The summed E-state index contributed by atoms with van der Waals surface area (Å²) < 4.78 is 0. The van der Waals surface area contributed by atoms with Crippen LogP contribution in [-0.4, -0.2) is 16.9 Å². The smallest absolute Gasteiger partial charge is 0.220 e. The number of carbonyl (C=O) groups is 1. The van der Waals surface area contributed by atoms with Gasteiger partial charge in [0.2, 0.25) is 5.91 Å². The summed E-state index contributed by atoms with van der Waals surface area (Å²) in [5.74, 6) is 0.147. The van der Waals surface area contributed by atoms with Crippen LogP contribution in [0.25, 0.3) is 10.9 Å². The van der Waals surface area contributed by atoms with Crippen LogP contribution < -0.4 is 5.32 Å². The van der Waals surface area contributed by atoms with Gasteiger partial charge in [0.15, 0.2) is 0 Å². The Bertz CT molecular complexity index is 835. The van der Waals surface area contributed by atoms with Crippen LogP contribution in [0.1, 0.15) is 23.2 Å². The van der Waals surface area contributed by atoms with Crippen molar-refractivity contribution in [3.8, 4) is 0 Å². The maximum Gasteiger partial charge on any atom is 0.220 e. The molecule has 0 aliphatic heterocycles. The van der Waals surface area contributed by atoms with Crippen molar-refractivity contribution in [3.63, 3.8) is 0 Å². The van der Waals surface area contributed by atoms with E-state index < -0.39 is 0 Å². The normalized spacial score (nSPS) is 16.4. The number of aryl methyl sites for hydroxylation is 1. The van der Waals surface area contributed by atoms with Crippen molar-refractivity contribution in [2.24, 2.45) is 0 Å². The molecule has 0 saturated heterocycles. The lowest BCUT2D eigenvalue weighted by Crippen LogP contribution is -2.35. The zero-order chi connectivity index (χ0) is 15.6. The maximum absolute atomic E-state index is 12.2. The molecular weight excluding hydrogens is 284 g/mol. The molecule has 3 aromatic rings. The van der Waals surface area contributed by atoms with Gasteiger partial charge in [-0.25, -0.2) is 0 Å². The van der Waals surface area contributed by atoms with Gasteiger partial charge in [-0.05, 0) is 30.0 Å². The quantitative estimate of drug-likeness (QED) is 0.762.